The normalized spacial score (nSPS) is 11.0. The van der Waals surface area contributed by atoms with Crippen molar-refractivity contribution in [1.82, 2.24) is 5.32 Å². The Balaban J connectivity index is 2.65. The quantitative estimate of drug-likeness (QED) is 0.719. The van der Waals surface area contributed by atoms with E-state index < -0.39 is 0 Å². The second-order valence-electron chi connectivity index (χ2n) is 5.88. The number of anilines is 1. The van der Waals surface area contributed by atoms with Crippen LogP contribution in [0.1, 0.15) is 43.5 Å². The Morgan fingerprint density at radius 1 is 1.19 bits per heavy atom. The highest BCUT2D eigenvalue weighted by atomic mass is 16.2. The van der Waals surface area contributed by atoms with Crippen molar-refractivity contribution in [2.24, 2.45) is 11.1 Å². The second-order valence-corrected chi connectivity index (χ2v) is 5.88. The molecule has 0 spiro atoms. The van der Waals surface area contributed by atoms with Crippen molar-refractivity contribution in [3.63, 3.8) is 0 Å². The number of rotatable bonds is 7. The van der Waals surface area contributed by atoms with Crippen LogP contribution in [0.25, 0.3) is 0 Å². The van der Waals surface area contributed by atoms with Crippen LogP contribution < -0.4 is 16.4 Å². The predicted octanol–water partition coefficient (Wildman–Crippen LogP) is 2.14. The fraction of sp³-hybridized carbons (Fsp3) is 0.500. The standard InChI is InChI=1S/C16H25N3O2/c1-16(2,10-11-17)9-8-14(20)19-13-7-5-4-6-12(13)15(21)18-3/h4-7H,8-11,17H2,1-3H3,(H,18,21)(H,19,20). The van der Waals surface area contributed by atoms with Gasteiger partial charge in [0.15, 0.2) is 0 Å². The number of nitrogens with two attached hydrogens (primary N) is 1. The Bertz CT molecular complexity index is 498. The molecule has 1 rings (SSSR count). The summed E-state index contributed by atoms with van der Waals surface area (Å²) in [5, 5.41) is 5.37. The number of amides is 2. The van der Waals surface area contributed by atoms with Crippen LogP contribution in [-0.2, 0) is 4.79 Å². The van der Waals surface area contributed by atoms with Gasteiger partial charge in [-0.15, -0.1) is 0 Å². The van der Waals surface area contributed by atoms with E-state index in [1.165, 1.54) is 0 Å². The first-order valence-corrected chi connectivity index (χ1v) is 7.20. The number of carbonyl (C=O) groups is 2. The Kier molecular flexibility index (Phi) is 6.37. The van der Waals surface area contributed by atoms with Crippen LogP contribution in [0.15, 0.2) is 24.3 Å². The van der Waals surface area contributed by atoms with Crippen molar-refractivity contribution < 1.29 is 9.59 Å². The second kappa shape index (κ2) is 7.78. The highest BCUT2D eigenvalue weighted by Crippen LogP contribution is 2.26. The van der Waals surface area contributed by atoms with E-state index in [9.17, 15) is 9.59 Å². The average molecular weight is 291 g/mol. The Labute approximate surface area is 126 Å². The fourth-order valence-electron chi connectivity index (χ4n) is 2.11. The number of para-hydroxylation sites is 1. The summed E-state index contributed by atoms with van der Waals surface area (Å²) >= 11 is 0. The first-order chi connectivity index (χ1) is 9.89. The van der Waals surface area contributed by atoms with E-state index in [-0.39, 0.29) is 17.2 Å². The van der Waals surface area contributed by atoms with E-state index in [0.29, 0.717) is 24.2 Å². The lowest BCUT2D eigenvalue weighted by atomic mass is 9.84. The molecule has 0 radical (unpaired) electrons. The van der Waals surface area contributed by atoms with Crippen molar-refractivity contribution in [1.29, 1.82) is 0 Å². The molecule has 2 amide bonds. The Morgan fingerprint density at radius 2 is 1.86 bits per heavy atom. The van der Waals surface area contributed by atoms with Gasteiger partial charge in [-0.25, -0.2) is 0 Å². The topological polar surface area (TPSA) is 84.2 Å². The monoisotopic (exact) mass is 291 g/mol. The van der Waals surface area contributed by atoms with Gasteiger partial charge >= 0.3 is 0 Å². The molecule has 5 nitrogen and oxygen atoms in total. The minimum absolute atomic E-state index is 0.0480. The van der Waals surface area contributed by atoms with Crippen molar-refractivity contribution >= 4 is 17.5 Å². The van der Waals surface area contributed by atoms with E-state index in [0.717, 1.165) is 12.8 Å². The first-order valence-electron chi connectivity index (χ1n) is 7.20. The number of hydrogen-bond donors (Lipinski definition) is 3. The SMILES string of the molecule is CNC(=O)c1ccccc1NC(=O)CCC(C)(C)CCN. The van der Waals surface area contributed by atoms with Gasteiger partial charge in [0.1, 0.15) is 0 Å². The molecule has 0 saturated carbocycles. The van der Waals surface area contributed by atoms with E-state index in [2.05, 4.69) is 24.5 Å². The zero-order valence-corrected chi connectivity index (χ0v) is 13.0. The lowest BCUT2D eigenvalue weighted by Crippen LogP contribution is -2.23. The minimum atomic E-state index is -0.214. The average Bonchev–Trinajstić information content (AvgIpc) is 2.45. The van der Waals surface area contributed by atoms with Gasteiger partial charge in [0, 0.05) is 13.5 Å². The molecule has 0 fully saturated rings. The Hall–Kier alpha value is -1.88. The molecular formula is C16H25N3O2. The van der Waals surface area contributed by atoms with Gasteiger partial charge < -0.3 is 16.4 Å². The third kappa shape index (κ3) is 5.55. The van der Waals surface area contributed by atoms with Crippen LogP contribution in [0.2, 0.25) is 0 Å². The largest absolute Gasteiger partial charge is 0.355 e. The van der Waals surface area contributed by atoms with Gasteiger partial charge in [0.05, 0.1) is 11.3 Å². The van der Waals surface area contributed by atoms with E-state index in [4.69, 9.17) is 5.73 Å². The fourth-order valence-corrected chi connectivity index (χ4v) is 2.11. The predicted molar refractivity (Wildman–Crippen MR) is 85.1 cm³/mol. The maximum Gasteiger partial charge on any atom is 0.253 e. The van der Waals surface area contributed by atoms with Crippen molar-refractivity contribution in [3.05, 3.63) is 29.8 Å². The summed E-state index contributed by atoms with van der Waals surface area (Å²) in [6.45, 7) is 4.82. The minimum Gasteiger partial charge on any atom is -0.355 e. The van der Waals surface area contributed by atoms with Crippen LogP contribution in [0, 0.1) is 5.41 Å². The third-order valence-corrected chi connectivity index (χ3v) is 3.52. The number of nitrogens with one attached hydrogen (secondary N) is 2. The molecule has 5 heteroatoms. The summed E-state index contributed by atoms with van der Waals surface area (Å²) < 4.78 is 0. The number of hydrogen-bond acceptors (Lipinski definition) is 3. The molecule has 116 valence electrons. The molecule has 1 aromatic carbocycles. The van der Waals surface area contributed by atoms with E-state index in [1.54, 1.807) is 31.3 Å². The van der Waals surface area contributed by atoms with Crippen LogP contribution >= 0.6 is 0 Å². The van der Waals surface area contributed by atoms with Gasteiger partial charge in [-0.1, -0.05) is 26.0 Å². The highest BCUT2D eigenvalue weighted by molar-refractivity contribution is 6.03. The van der Waals surface area contributed by atoms with Gasteiger partial charge in [0.25, 0.3) is 5.91 Å². The first kappa shape index (κ1) is 17.2. The third-order valence-electron chi connectivity index (χ3n) is 3.52. The van der Waals surface area contributed by atoms with Gasteiger partial charge in [-0.05, 0) is 36.9 Å². The smallest absolute Gasteiger partial charge is 0.253 e. The number of benzene rings is 1. The summed E-state index contributed by atoms with van der Waals surface area (Å²) in [4.78, 5) is 23.8. The van der Waals surface area contributed by atoms with Crippen LogP contribution in [0.4, 0.5) is 5.69 Å². The molecular weight excluding hydrogens is 266 g/mol. The maximum atomic E-state index is 12.1. The molecule has 0 aromatic heterocycles. The lowest BCUT2D eigenvalue weighted by Gasteiger charge is -2.23. The summed E-state index contributed by atoms with van der Waals surface area (Å²) in [7, 11) is 1.57. The van der Waals surface area contributed by atoms with Gasteiger partial charge in [0.2, 0.25) is 5.91 Å². The molecule has 0 aliphatic heterocycles. The highest BCUT2D eigenvalue weighted by Gasteiger charge is 2.19. The van der Waals surface area contributed by atoms with Gasteiger partial charge in [-0.2, -0.15) is 0 Å². The molecule has 0 aliphatic rings. The van der Waals surface area contributed by atoms with Crippen molar-refractivity contribution in [3.8, 4) is 0 Å². The van der Waals surface area contributed by atoms with Crippen molar-refractivity contribution in [2.75, 3.05) is 18.9 Å². The zero-order chi connectivity index (χ0) is 15.9. The molecule has 21 heavy (non-hydrogen) atoms. The summed E-state index contributed by atoms with van der Waals surface area (Å²) in [5.41, 5.74) is 6.62. The lowest BCUT2D eigenvalue weighted by molar-refractivity contribution is -0.116. The van der Waals surface area contributed by atoms with Crippen LogP contribution in [-0.4, -0.2) is 25.4 Å². The summed E-state index contributed by atoms with van der Waals surface area (Å²) in [6.07, 6.45) is 2.06. The molecule has 0 unspecified atom stereocenters. The molecule has 0 heterocycles. The van der Waals surface area contributed by atoms with E-state index in [1.807, 2.05) is 0 Å². The molecule has 0 atom stereocenters. The van der Waals surface area contributed by atoms with Crippen LogP contribution in [0.3, 0.4) is 0 Å². The molecule has 0 saturated heterocycles. The maximum absolute atomic E-state index is 12.1. The molecule has 1 aromatic rings. The van der Waals surface area contributed by atoms with Crippen molar-refractivity contribution in [2.45, 2.75) is 33.1 Å². The number of carbonyl (C=O) groups excluding carboxylic acids is 2. The summed E-state index contributed by atoms with van der Waals surface area (Å²) in [6, 6.07) is 6.98. The van der Waals surface area contributed by atoms with Gasteiger partial charge in [-0.3, -0.25) is 9.59 Å². The summed E-state index contributed by atoms with van der Waals surface area (Å²) in [5.74, 6) is -0.300. The van der Waals surface area contributed by atoms with E-state index >= 15 is 0 Å². The molecule has 0 aliphatic carbocycles. The molecule has 4 N–H and O–H groups in total. The Morgan fingerprint density at radius 3 is 2.48 bits per heavy atom. The molecule has 0 bridgehead atoms. The zero-order valence-electron chi connectivity index (χ0n) is 13.0. The van der Waals surface area contributed by atoms with Crippen LogP contribution in [0.5, 0.6) is 0 Å².